The molecule has 0 amide bonds. The second kappa shape index (κ2) is 5.22. The first-order valence-corrected chi connectivity index (χ1v) is 9.44. The van der Waals surface area contributed by atoms with Gasteiger partial charge >= 0.3 is 0 Å². The molecule has 1 aliphatic carbocycles. The molecular formula is C15H17NO2S2. The Kier molecular flexibility index (Phi) is 3.56. The Balaban J connectivity index is 1.87. The SMILES string of the molecule is CS(=O)(=O)c1cccc(NC2CCCc3sccc32)c1. The summed E-state index contributed by atoms with van der Waals surface area (Å²) in [5.41, 5.74) is 2.24. The van der Waals surface area contributed by atoms with Gasteiger partial charge in [0.05, 0.1) is 10.9 Å². The second-order valence-corrected chi connectivity index (χ2v) is 8.20. The van der Waals surface area contributed by atoms with Crippen LogP contribution in [0.4, 0.5) is 5.69 Å². The van der Waals surface area contributed by atoms with Crippen LogP contribution in [0.3, 0.4) is 0 Å². The minimum atomic E-state index is -3.15. The summed E-state index contributed by atoms with van der Waals surface area (Å²) in [5.74, 6) is 0. The molecule has 1 aliphatic rings. The van der Waals surface area contributed by atoms with Crippen LogP contribution in [-0.4, -0.2) is 14.7 Å². The van der Waals surface area contributed by atoms with Crippen LogP contribution in [0.1, 0.15) is 29.3 Å². The molecule has 0 spiro atoms. The zero-order chi connectivity index (χ0) is 14.2. The minimum absolute atomic E-state index is 0.291. The van der Waals surface area contributed by atoms with E-state index in [1.165, 1.54) is 23.1 Å². The smallest absolute Gasteiger partial charge is 0.175 e. The number of sulfone groups is 1. The van der Waals surface area contributed by atoms with Crippen LogP contribution in [0.25, 0.3) is 0 Å². The Morgan fingerprint density at radius 2 is 2.15 bits per heavy atom. The predicted octanol–water partition coefficient (Wildman–Crippen LogP) is 3.64. The highest BCUT2D eigenvalue weighted by atomic mass is 32.2. The lowest BCUT2D eigenvalue weighted by atomic mass is 9.94. The van der Waals surface area contributed by atoms with Gasteiger partial charge in [0.15, 0.2) is 9.84 Å². The maximum Gasteiger partial charge on any atom is 0.175 e. The highest BCUT2D eigenvalue weighted by Gasteiger charge is 2.21. The van der Waals surface area contributed by atoms with Gasteiger partial charge in [-0.15, -0.1) is 11.3 Å². The number of hydrogen-bond donors (Lipinski definition) is 1. The summed E-state index contributed by atoms with van der Waals surface area (Å²) in [6.07, 6.45) is 4.67. The Hall–Kier alpha value is -1.33. The molecule has 3 rings (SSSR count). The van der Waals surface area contributed by atoms with Crippen molar-refractivity contribution >= 4 is 26.9 Å². The van der Waals surface area contributed by atoms with Gasteiger partial charge in [-0.1, -0.05) is 6.07 Å². The lowest BCUT2D eigenvalue weighted by molar-refractivity contribution is 0.601. The van der Waals surface area contributed by atoms with Gasteiger partial charge in [-0.3, -0.25) is 0 Å². The number of rotatable bonds is 3. The zero-order valence-electron chi connectivity index (χ0n) is 11.3. The number of nitrogens with one attached hydrogen (secondary N) is 1. The second-order valence-electron chi connectivity index (χ2n) is 5.19. The maximum absolute atomic E-state index is 11.6. The van der Waals surface area contributed by atoms with Gasteiger partial charge in [0.25, 0.3) is 0 Å². The first-order chi connectivity index (χ1) is 9.54. The standard InChI is InChI=1S/C15H17NO2S2/c1-20(17,18)12-5-2-4-11(10-12)16-14-6-3-7-15-13(14)8-9-19-15/h2,4-5,8-10,14,16H,3,6-7H2,1H3. The fourth-order valence-corrected chi connectivity index (χ4v) is 4.31. The van der Waals surface area contributed by atoms with E-state index in [9.17, 15) is 8.42 Å². The number of aryl methyl sites for hydroxylation is 1. The average molecular weight is 307 g/mol. The van der Waals surface area contributed by atoms with Crippen molar-refractivity contribution < 1.29 is 8.42 Å². The van der Waals surface area contributed by atoms with Crippen LogP contribution in [0.2, 0.25) is 0 Å². The van der Waals surface area contributed by atoms with Crippen LogP contribution >= 0.6 is 11.3 Å². The molecule has 1 atom stereocenters. The van der Waals surface area contributed by atoms with Crippen molar-refractivity contribution in [3.63, 3.8) is 0 Å². The topological polar surface area (TPSA) is 46.2 Å². The summed E-state index contributed by atoms with van der Waals surface area (Å²) in [6, 6.07) is 9.54. The molecule has 0 radical (unpaired) electrons. The van der Waals surface area contributed by atoms with Crippen molar-refractivity contribution in [2.45, 2.75) is 30.2 Å². The molecule has 0 aliphatic heterocycles. The summed E-state index contributed by atoms with van der Waals surface area (Å²) >= 11 is 1.81. The molecule has 0 saturated heterocycles. The van der Waals surface area contributed by atoms with Gasteiger partial charge in [0.1, 0.15) is 0 Å². The van der Waals surface area contributed by atoms with E-state index in [1.54, 1.807) is 18.2 Å². The van der Waals surface area contributed by atoms with Gasteiger partial charge in [-0.2, -0.15) is 0 Å². The lowest BCUT2D eigenvalue weighted by Gasteiger charge is -2.24. The summed E-state index contributed by atoms with van der Waals surface area (Å²) in [6.45, 7) is 0. The van der Waals surface area contributed by atoms with Crippen molar-refractivity contribution in [1.82, 2.24) is 0 Å². The molecule has 1 heterocycles. The molecule has 5 heteroatoms. The summed E-state index contributed by atoms with van der Waals surface area (Å²) in [7, 11) is -3.15. The third kappa shape index (κ3) is 2.74. The molecule has 20 heavy (non-hydrogen) atoms. The van der Waals surface area contributed by atoms with Crippen molar-refractivity contribution in [3.05, 3.63) is 46.2 Å². The molecule has 0 fully saturated rings. The van der Waals surface area contributed by atoms with E-state index in [-0.39, 0.29) is 0 Å². The zero-order valence-corrected chi connectivity index (χ0v) is 12.9. The van der Waals surface area contributed by atoms with Gasteiger partial charge in [0, 0.05) is 16.8 Å². The molecule has 1 aromatic heterocycles. The highest BCUT2D eigenvalue weighted by Crippen LogP contribution is 2.35. The Morgan fingerprint density at radius 1 is 1.30 bits per heavy atom. The van der Waals surface area contributed by atoms with E-state index in [0.717, 1.165) is 18.5 Å². The molecule has 2 aromatic rings. The van der Waals surface area contributed by atoms with Crippen molar-refractivity contribution in [3.8, 4) is 0 Å². The van der Waals surface area contributed by atoms with E-state index in [1.807, 2.05) is 17.4 Å². The van der Waals surface area contributed by atoms with Crippen LogP contribution in [-0.2, 0) is 16.3 Å². The average Bonchev–Trinajstić information content (AvgIpc) is 2.87. The number of hydrogen-bond acceptors (Lipinski definition) is 4. The number of anilines is 1. The van der Waals surface area contributed by atoms with E-state index < -0.39 is 9.84 Å². The predicted molar refractivity (Wildman–Crippen MR) is 83.2 cm³/mol. The van der Waals surface area contributed by atoms with Crippen molar-refractivity contribution in [2.75, 3.05) is 11.6 Å². The van der Waals surface area contributed by atoms with Crippen molar-refractivity contribution in [1.29, 1.82) is 0 Å². The maximum atomic E-state index is 11.6. The lowest BCUT2D eigenvalue weighted by Crippen LogP contribution is -2.15. The molecule has 1 N–H and O–H groups in total. The van der Waals surface area contributed by atoms with Crippen LogP contribution in [0, 0.1) is 0 Å². The Labute approximate surface area is 123 Å². The molecule has 106 valence electrons. The molecule has 1 unspecified atom stereocenters. The first kappa shape index (κ1) is 13.6. The molecule has 3 nitrogen and oxygen atoms in total. The largest absolute Gasteiger partial charge is 0.378 e. The number of benzene rings is 1. The first-order valence-electron chi connectivity index (χ1n) is 6.67. The Bertz CT molecular complexity index is 719. The monoisotopic (exact) mass is 307 g/mol. The van der Waals surface area contributed by atoms with E-state index >= 15 is 0 Å². The summed E-state index contributed by atoms with van der Waals surface area (Å²) in [4.78, 5) is 1.82. The van der Waals surface area contributed by atoms with Gasteiger partial charge in [-0.25, -0.2) is 8.42 Å². The fraction of sp³-hybridized carbons (Fsp3) is 0.333. The van der Waals surface area contributed by atoms with E-state index in [2.05, 4.69) is 16.8 Å². The van der Waals surface area contributed by atoms with Crippen LogP contribution in [0.5, 0.6) is 0 Å². The number of fused-ring (bicyclic) bond motifs is 1. The summed E-state index contributed by atoms with van der Waals surface area (Å²) < 4.78 is 23.2. The molecule has 0 saturated carbocycles. The van der Waals surface area contributed by atoms with Gasteiger partial charge < -0.3 is 5.32 Å². The third-order valence-corrected chi connectivity index (χ3v) is 5.76. The highest BCUT2D eigenvalue weighted by molar-refractivity contribution is 7.90. The molecule has 0 bridgehead atoms. The quantitative estimate of drug-likeness (QED) is 0.941. The van der Waals surface area contributed by atoms with E-state index in [4.69, 9.17) is 0 Å². The van der Waals surface area contributed by atoms with Crippen LogP contribution < -0.4 is 5.32 Å². The van der Waals surface area contributed by atoms with Gasteiger partial charge in [0.2, 0.25) is 0 Å². The molecular weight excluding hydrogens is 290 g/mol. The van der Waals surface area contributed by atoms with Crippen LogP contribution in [0.15, 0.2) is 40.6 Å². The van der Waals surface area contributed by atoms with Gasteiger partial charge in [-0.05, 0) is 54.5 Å². The third-order valence-electron chi connectivity index (χ3n) is 3.66. The minimum Gasteiger partial charge on any atom is -0.378 e. The normalized spacial score (nSPS) is 18.6. The number of thiophene rings is 1. The fourth-order valence-electron chi connectivity index (χ4n) is 2.65. The Morgan fingerprint density at radius 3 is 2.95 bits per heavy atom. The van der Waals surface area contributed by atoms with Crippen molar-refractivity contribution in [2.24, 2.45) is 0 Å². The molecule has 1 aromatic carbocycles. The van der Waals surface area contributed by atoms with E-state index in [0.29, 0.717) is 10.9 Å². The summed E-state index contributed by atoms with van der Waals surface area (Å²) in [5, 5.41) is 5.61.